The number of halogens is 1. The van der Waals surface area contributed by atoms with Crippen molar-refractivity contribution in [2.75, 3.05) is 65.3 Å². The summed E-state index contributed by atoms with van der Waals surface area (Å²) in [5.41, 5.74) is 0. The molecule has 0 aromatic carbocycles. The van der Waals surface area contributed by atoms with Crippen molar-refractivity contribution in [3.8, 4) is 0 Å². The predicted molar refractivity (Wildman–Crippen MR) is 98.3 cm³/mol. The first kappa shape index (κ1) is 24.6. The summed E-state index contributed by atoms with van der Waals surface area (Å²) in [5, 5.41) is 0. The van der Waals surface area contributed by atoms with Crippen LogP contribution in [0.4, 0.5) is 0 Å². The van der Waals surface area contributed by atoms with Gasteiger partial charge in [-0.05, 0) is 19.3 Å². The van der Waals surface area contributed by atoms with Gasteiger partial charge in [0.2, 0.25) is 0 Å². The third-order valence-corrected chi connectivity index (χ3v) is 3.50. The van der Waals surface area contributed by atoms with Gasteiger partial charge in [-0.2, -0.15) is 0 Å². The lowest BCUT2D eigenvalue weighted by Gasteiger charge is -2.08. The molecule has 0 aromatic rings. The van der Waals surface area contributed by atoms with E-state index >= 15 is 0 Å². The Balaban J connectivity index is 3.02. The van der Waals surface area contributed by atoms with Gasteiger partial charge in [-0.1, -0.05) is 19.8 Å². The van der Waals surface area contributed by atoms with Gasteiger partial charge in [0.15, 0.2) is 0 Å². The number of ether oxygens (including phenoxy) is 5. The molecule has 0 radical (unpaired) electrons. The number of carbonyl (C=O) groups is 1. The molecule has 0 spiro atoms. The summed E-state index contributed by atoms with van der Waals surface area (Å²) in [6.07, 6.45) is 5.78. The fourth-order valence-corrected chi connectivity index (χ4v) is 2.09. The van der Waals surface area contributed by atoms with Gasteiger partial charge in [-0.15, -0.1) is 11.6 Å². The molecule has 0 aromatic heterocycles. The molecule has 0 bridgehead atoms. The number of carbonyl (C=O) groups excluding carboxylic acids is 1. The van der Waals surface area contributed by atoms with Crippen LogP contribution in [0, 0.1) is 0 Å². The zero-order chi connectivity index (χ0) is 18.4. The van der Waals surface area contributed by atoms with Crippen LogP contribution in [-0.2, 0) is 28.5 Å². The quantitative estimate of drug-likeness (QED) is 0.183. The van der Waals surface area contributed by atoms with Crippen LogP contribution >= 0.6 is 11.6 Å². The van der Waals surface area contributed by atoms with E-state index in [4.69, 9.17) is 35.3 Å². The zero-order valence-electron chi connectivity index (χ0n) is 15.6. The largest absolute Gasteiger partial charge is 0.463 e. The molecule has 0 aliphatic heterocycles. The number of hydrogen-bond acceptors (Lipinski definition) is 6. The average molecular weight is 383 g/mol. The highest BCUT2D eigenvalue weighted by molar-refractivity contribution is 6.17. The first-order valence-electron chi connectivity index (χ1n) is 9.33. The summed E-state index contributed by atoms with van der Waals surface area (Å²) in [7, 11) is 0. The van der Waals surface area contributed by atoms with Crippen LogP contribution in [0.2, 0.25) is 0 Å². The first-order valence-corrected chi connectivity index (χ1v) is 9.87. The second-order valence-corrected chi connectivity index (χ2v) is 5.90. The Labute approximate surface area is 157 Å². The van der Waals surface area contributed by atoms with Crippen molar-refractivity contribution >= 4 is 17.6 Å². The summed E-state index contributed by atoms with van der Waals surface area (Å²) in [6.45, 7) is 6.71. The molecule has 0 rings (SSSR count). The van der Waals surface area contributed by atoms with Crippen LogP contribution in [0.5, 0.6) is 0 Å². The normalized spacial score (nSPS) is 11.0. The minimum atomic E-state index is -0.171. The maximum Gasteiger partial charge on any atom is 0.305 e. The lowest BCUT2D eigenvalue weighted by Crippen LogP contribution is -2.14. The molecule has 0 amide bonds. The molecule has 0 aliphatic carbocycles. The van der Waals surface area contributed by atoms with Gasteiger partial charge in [0.05, 0.1) is 46.2 Å². The van der Waals surface area contributed by atoms with Crippen molar-refractivity contribution in [1.29, 1.82) is 0 Å². The van der Waals surface area contributed by atoms with Crippen LogP contribution in [0.15, 0.2) is 0 Å². The van der Waals surface area contributed by atoms with Crippen molar-refractivity contribution in [3.63, 3.8) is 0 Å². The molecule has 0 N–H and O–H groups in total. The minimum absolute atomic E-state index is 0.171. The van der Waals surface area contributed by atoms with Crippen LogP contribution < -0.4 is 0 Å². The molecule has 0 saturated carbocycles. The molecular formula is C18H35ClO6. The van der Waals surface area contributed by atoms with E-state index in [1.165, 1.54) is 12.8 Å². The van der Waals surface area contributed by atoms with E-state index in [1.807, 2.05) is 6.92 Å². The van der Waals surface area contributed by atoms with Gasteiger partial charge < -0.3 is 23.7 Å². The lowest BCUT2D eigenvalue weighted by atomic mass is 10.2. The molecule has 0 saturated heterocycles. The number of alkyl halides is 1. The van der Waals surface area contributed by atoms with E-state index in [-0.39, 0.29) is 5.97 Å². The molecular weight excluding hydrogens is 348 g/mol. The monoisotopic (exact) mass is 382 g/mol. The highest BCUT2D eigenvalue weighted by Crippen LogP contribution is 2.01. The Morgan fingerprint density at radius 3 is 1.68 bits per heavy atom. The Morgan fingerprint density at radius 1 is 0.680 bits per heavy atom. The van der Waals surface area contributed by atoms with Crippen molar-refractivity contribution in [3.05, 3.63) is 0 Å². The van der Waals surface area contributed by atoms with Crippen molar-refractivity contribution in [2.45, 2.75) is 45.4 Å². The summed E-state index contributed by atoms with van der Waals surface area (Å²) in [5.74, 6) is 0.576. The molecule has 25 heavy (non-hydrogen) atoms. The van der Waals surface area contributed by atoms with Gasteiger partial charge in [-0.25, -0.2) is 0 Å². The van der Waals surface area contributed by atoms with Gasteiger partial charge in [0.25, 0.3) is 0 Å². The first-order chi connectivity index (χ1) is 12.3. The highest BCUT2D eigenvalue weighted by Gasteiger charge is 1.99. The lowest BCUT2D eigenvalue weighted by molar-refractivity contribution is -0.145. The summed E-state index contributed by atoms with van der Waals surface area (Å²) in [6, 6.07) is 0. The van der Waals surface area contributed by atoms with E-state index in [0.717, 1.165) is 31.7 Å². The predicted octanol–water partition coefficient (Wildman–Crippen LogP) is 3.20. The van der Waals surface area contributed by atoms with Gasteiger partial charge in [-0.3, -0.25) is 4.79 Å². The molecule has 6 nitrogen and oxygen atoms in total. The fraction of sp³-hybridized carbons (Fsp3) is 0.944. The molecule has 0 unspecified atom stereocenters. The maximum atomic E-state index is 11.1. The van der Waals surface area contributed by atoms with Crippen LogP contribution in [0.3, 0.4) is 0 Å². The van der Waals surface area contributed by atoms with Gasteiger partial charge in [0.1, 0.15) is 6.61 Å². The number of unbranched alkanes of at least 4 members (excludes halogenated alkanes) is 3. The number of hydrogen-bond donors (Lipinski definition) is 0. The Bertz CT molecular complexity index is 278. The molecule has 0 fully saturated rings. The van der Waals surface area contributed by atoms with Crippen molar-refractivity contribution in [1.82, 2.24) is 0 Å². The Hall–Kier alpha value is -0.400. The van der Waals surface area contributed by atoms with Crippen LogP contribution in [0.25, 0.3) is 0 Å². The van der Waals surface area contributed by atoms with E-state index in [9.17, 15) is 4.79 Å². The SMILES string of the molecule is CCCC(=O)OCCOCCOCCOCCOCCCCCCCl. The fourth-order valence-electron chi connectivity index (χ4n) is 1.90. The Morgan fingerprint density at radius 2 is 1.16 bits per heavy atom. The summed E-state index contributed by atoms with van der Waals surface area (Å²) < 4.78 is 26.5. The summed E-state index contributed by atoms with van der Waals surface area (Å²) >= 11 is 5.61. The summed E-state index contributed by atoms with van der Waals surface area (Å²) in [4.78, 5) is 11.1. The average Bonchev–Trinajstić information content (AvgIpc) is 2.61. The van der Waals surface area contributed by atoms with Crippen LogP contribution in [-0.4, -0.2) is 71.3 Å². The van der Waals surface area contributed by atoms with Gasteiger partial charge >= 0.3 is 5.97 Å². The standard InChI is InChI=1S/C18H35ClO6/c1-2-7-18(20)25-17-16-24-15-14-23-13-12-22-11-10-21-9-6-4-3-5-8-19/h2-17H2,1H3. The number of esters is 1. The third kappa shape index (κ3) is 21.6. The van der Waals surface area contributed by atoms with Gasteiger partial charge in [0, 0.05) is 18.9 Å². The van der Waals surface area contributed by atoms with E-state index in [2.05, 4.69) is 0 Å². The Kier molecular flexibility index (Phi) is 21.3. The topological polar surface area (TPSA) is 63.2 Å². The molecule has 0 heterocycles. The van der Waals surface area contributed by atoms with Crippen molar-refractivity contribution in [2.24, 2.45) is 0 Å². The minimum Gasteiger partial charge on any atom is -0.463 e. The molecule has 0 aliphatic rings. The van der Waals surface area contributed by atoms with E-state index < -0.39 is 0 Å². The van der Waals surface area contributed by atoms with Crippen LogP contribution in [0.1, 0.15) is 45.4 Å². The zero-order valence-corrected chi connectivity index (χ0v) is 16.4. The van der Waals surface area contributed by atoms with Crippen molar-refractivity contribution < 1.29 is 28.5 Å². The highest BCUT2D eigenvalue weighted by atomic mass is 35.5. The smallest absolute Gasteiger partial charge is 0.305 e. The second kappa shape index (κ2) is 21.6. The molecule has 150 valence electrons. The number of rotatable bonds is 20. The molecule has 7 heteroatoms. The third-order valence-electron chi connectivity index (χ3n) is 3.23. The molecule has 0 atom stereocenters. The van der Waals surface area contributed by atoms with E-state index in [1.54, 1.807) is 0 Å². The second-order valence-electron chi connectivity index (χ2n) is 5.52. The maximum absolute atomic E-state index is 11.1. The van der Waals surface area contributed by atoms with E-state index in [0.29, 0.717) is 59.3 Å².